The maximum Gasteiger partial charge on any atom is 0.126 e. The number of aliphatic hydroxyl groups excluding tert-OH is 1. The van der Waals surface area contributed by atoms with Gasteiger partial charge in [-0.2, -0.15) is 0 Å². The predicted octanol–water partition coefficient (Wildman–Crippen LogP) is 2.84. The van der Waals surface area contributed by atoms with Crippen molar-refractivity contribution in [1.29, 1.82) is 0 Å². The molecule has 0 spiro atoms. The monoisotopic (exact) mass is 295 g/mol. The highest BCUT2D eigenvalue weighted by Gasteiger charge is 2.28. The molecule has 1 aromatic carbocycles. The SMILES string of the molecule is NCCC(O)c1ccc(F)c(CCC2(O)CCCCC2)c1. The second kappa shape index (κ2) is 7.34. The van der Waals surface area contributed by atoms with Crippen molar-refractivity contribution in [3.8, 4) is 0 Å². The molecule has 0 heterocycles. The summed E-state index contributed by atoms with van der Waals surface area (Å²) in [6.07, 6.45) is 5.81. The van der Waals surface area contributed by atoms with Gasteiger partial charge in [-0.05, 0) is 55.8 Å². The zero-order valence-corrected chi connectivity index (χ0v) is 12.5. The largest absolute Gasteiger partial charge is 0.390 e. The van der Waals surface area contributed by atoms with Gasteiger partial charge in [-0.15, -0.1) is 0 Å². The first-order valence-corrected chi connectivity index (χ1v) is 7.93. The van der Waals surface area contributed by atoms with E-state index in [1.807, 2.05) is 0 Å². The van der Waals surface area contributed by atoms with Crippen molar-refractivity contribution in [1.82, 2.24) is 0 Å². The Bertz CT molecular complexity index is 458. The van der Waals surface area contributed by atoms with Crippen molar-refractivity contribution in [2.45, 2.75) is 63.1 Å². The van der Waals surface area contributed by atoms with Crippen LogP contribution in [0.15, 0.2) is 18.2 Å². The van der Waals surface area contributed by atoms with E-state index in [0.29, 0.717) is 36.9 Å². The van der Waals surface area contributed by atoms with E-state index in [2.05, 4.69) is 0 Å². The quantitative estimate of drug-likeness (QED) is 0.756. The minimum atomic E-state index is -0.646. The molecule has 0 radical (unpaired) electrons. The normalized spacial score (nSPS) is 19.4. The molecule has 0 aromatic heterocycles. The van der Waals surface area contributed by atoms with Gasteiger partial charge in [0.25, 0.3) is 0 Å². The van der Waals surface area contributed by atoms with Crippen LogP contribution >= 0.6 is 0 Å². The molecule has 4 heteroatoms. The number of hydrogen-bond donors (Lipinski definition) is 3. The standard InChI is InChI=1S/C17H26FNO2/c18-15-5-4-14(16(20)7-11-19)12-13(15)6-10-17(21)8-2-1-3-9-17/h4-5,12,16,20-21H,1-3,6-11,19H2. The molecule has 1 saturated carbocycles. The summed E-state index contributed by atoms with van der Waals surface area (Å²) < 4.78 is 13.9. The molecule has 1 aliphatic carbocycles. The molecule has 0 aliphatic heterocycles. The molecule has 1 unspecified atom stereocenters. The number of benzene rings is 1. The lowest BCUT2D eigenvalue weighted by molar-refractivity contribution is -0.00356. The average Bonchev–Trinajstić information content (AvgIpc) is 2.47. The lowest BCUT2D eigenvalue weighted by atomic mass is 9.81. The third-order valence-corrected chi connectivity index (χ3v) is 4.54. The van der Waals surface area contributed by atoms with Crippen molar-refractivity contribution in [2.75, 3.05) is 6.54 Å². The number of aryl methyl sites for hydroxylation is 1. The van der Waals surface area contributed by atoms with Gasteiger partial charge >= 0.3 is 0 Å². The van der Waals surface area contributed by atoms with Gasteiger partial charge in [0.1, 0.15) is 5.82 Å². The Morgan fingerprint density at radius 2 is 1.95 bits per heavy atom. The molecule has 3 nitrogen and oxygen atoms in total. The minimum Gasteiger partial charge on any atom is -0.390 e. The molecule has 4 N–H and O–H groups in total. The third kappa shape index (κ3) is 4.50. The van der Waals surface area contributed by atoms with Crippen molar-refractivity contribution in [3.63, 3.8) is 0 Å². The molecule has 0 saturated heterocycles. The number of halogens is 1. The van der Waals surface area contributed by atoms with Crippen LogP contribution in [0, 0.1) is 5.82 Å². The van der Waals surface area contributed by atoms with E-state index in [1.165, 1.54) is 12.5 Å². The molecule has 1 aromatic rings. The Morgan fingerprint density at radius 1 is 1.24 bits per heavy atom. The topological polar surface area (TPSA) is 66.5 Å². The smallest absolute Gasteiger partial charge is 0.126 e. The third-order valence-electron chi connectivity index (χ3n) is 4.54. The summed E-state index contributed by atoms with van der Waals surface area (Å²) in [6, 6.07) is 4.71. The Morgan fingerprint density at radius 3 is 2.62 bits per heavy atom. The zero-order valence-electron chi connectivity index (χ0n) is 12.5. The van der Waals surface area contributed by atoms with Crippen LogP contribution in [-0.2, 0) is 6.42 Å². The second-order valence-electron chi connectivity index (χ2n) is 6.23. The molecule has 0 bridgehead atoms. The van der Waals surface area contributed by atoms with Crippen LogP contribution in [0.4, 0.5) is 4.39 Å². The van der Waals surface area contributed by atoms with E-state index in [9.17, 15) is 14.6 Å². The lowest BCUT2D eigenvalue weighted by Crippen LogP contribution is -2.31. The van der Waals surface area contributed by atoms with Crippen LogP contribution in [0.3, 0.4) is 0 Å². The summed E-state index contributed by atoms with van der Waals surface area (Å²) in [6.45, 7) is 0.396. The second-order valence-corrected chi connectivity index (χ2v) is 6.23. The van der Waals surface area contributed by atoms with Crippen LogP contribution < -0.4 is 5.73 Å². The number of nitrogens with two attached hydrogens (primary N) is 1. The van der Waals surface area contributed by atoms with Gasteiger partial charge in [-0.25, -0.2) is 4.39 Å². The van der Waals surface area contributed by atoms with Crippen LogP contribution in [0.5, 0.6) is 0 Å². The fourth-order valence-electron chi connectivity index (χ4n) is 3.15. The lowest BCUT2D eigenvalue weighted by Gasteiger charge is -2.32. The molecule has 1 aliphatic rings. The van der Waals surface area contributed by atoms with E-state index < -0.39 is 11.7 Å². The Hall–Kier alpha value is -0.970. The molecule has 2 rings (SSSR count). The van der Waals surface area contributed by atoms with Gasteiger partial charge < -0.3 is 15.9 Å². The summed E-state index contributed by atoms with van der Waals surface area (Å²) in [7, 11) is 0. The van der Waals surface area contributed by atoms with Gasteiger partial charge in [0.15, 0.2) is 0 Å². The molecule has 1 atom stereocenters. The van der Waals surface area contributed by atoms with Crippen LogP contribution in [-0.4, -0.2) is 22.4 Å². The first-order chi connectivity index (χ1) is 10.0. The van der Waals surface area contributed by atoms with Gasteiger partial charge in [0.2, 0.25) is 0 Å². The van der Waals surface area contributed by atoms with Crippen LogP contribution in [0.2, 0.25) is 0 Å². The average molecular weight is 295 g/mol. The summed E-state index contributed by atoms with van der Waals surface area (Å²) in [4.78, 5) is 0. The Balaban J connectivity index is 2.03. The number of rotatable bonds is 6. The van der Waals surface area contributed by atoms with E-state index in [0.717, 1.165) is 25.7 Å². The van der Waals surface area contributed by atoms with Crippen LogP contribution in [0.1, 0.15) is 62.2 Å². The highest BCUT2D eigenvalue weighted by atomic mass is 19.1. The highest BCUT2D eigenvalue weighted by Crippen LogP contribution is 2.32. The molecular formula is C17H26FNO2. The van der Waals surface area contributed by atoms with Gasteiger partial charge in [0, 0.05) is 0 Å². The fourth-order valence-corrected chi connectivity index (χ4v) is 3.15. The van der Waals surface area contributed by atoms with Crippen molar-refractivity contribution < 1.29 is 14.6 Å². The number of hydrogen-bond acceptors (Lipinski definition) is 3. The van der Waals surface area contributed by atoms with Crippen LogP contribution in [0.25, 0.3) is 0 Å². The highest BCUT2D eigenvalue weighted by molar-refractivity contribution is 5.27. The van der Waals surface area contributed by atoms with E-state index in [1.54, 1.807) is 12.1 Å². The number of aliphatic hydroxyl groups is 2. The van der Waals surface area contributed by atoms with Gasteiger partial charge in [-0.1, -0.05) is 31.4 Å². The van der Waals surface area contributed by atoms with Gasteiger partial charge in [-0.3, -0.25) is 0 Å². The predicted molar refractivity (Wildman–Crippen MR) is 81.4 cm³/mol. The Kier molecular flexibility index (Phi) is 5.73. The van der Waals surface area contributed by atoms with E-state index in [4.69, 9.17) is 5.73 Å². The van der Waals surface area contributed by atoms with Crippen molar-refractivity contribution in [3.05, 3.63) is 35.1 Å². The summed E-state index contributed by atoms with van der Waals surface area (Å²) in [5.74, 6) is -0.266. The molecular weight excluding hydrogens is 269 g/mol. The minimum absolute atomic E-state index is 0.266. The van der Waals surface area contributed by atoms with Crippen molar-refractivity contribution >= 4 is 0 Å². The maximum atomic E-state index is 13.9. The van der Waals surface area contributed by atoms with E-state index in [-0.39, 0.29) is 5.82 Å². The Labute approximate surface area is 126 Å². The summed E-state index contributed by atoms with van der Waals surface area (Å²) >= 11 is 0. The summed E-state index contributed by atoms with van der Waals surface area (Å²) in [5.41, 5.74) is 6.07. The first kappa shape index (κ1) is 16.4. The zero-order chi connectivity index (χ0) is 15.3. The summed E-state index contributed by atoms with van der Waals surface area (Å²) in [5, 5.41) is 20.4. The van der Waals surface area contributed by atoms with Gasteiger partial charge in [0.05, 0.1) is 11.7 Å². The molecule has 0 amide bonds. The van der Waals surface area contributed by atoms with Crippen molar-refractivity contribution in [2.24, 2.45) is 5.73 Å². The molecule has 21 heavy (non-hydrogen) atoms. The van der Waals surface area contributed by atoms with E-state index >= 15 is 0 Å². The first-order valence-electron chi connectivity index (χ1n) is 7.93. The molecule has 1 fully saturated rings. The maximum absolute atomic E-state index is 13.9. The fraction of sp³-hybridized carbons (Fsp3) is 0.647. The molecule has 118 valence electrons.